The average molecular weight is 401 g/mol. The molecule has 2 atom stereocenters. The van der Waals surface area contributed by atoms with Crippen molar-refractivity contribution in [3.05, 3.63) is 46.3 Å². The van der Waals surface area contributed by atoms with Crippen LogP contribution < -0.4 is 4.31 Å². The molecule has 1 aliphatic carbocycles. The van der Waals surface area contributed by atoms with E-state index in [-0.39, 0.29) is 12.8 Å². The van der Waals surface area contributed by atoms with Crippen LogP contribution >= 0.6 is 15.9 Å². The van der Waals surface area contributed by atoms with E-state index >= 15 is 0 Å². The summed E-state index contributed by atoms with van der Waals surface area (Å²) in [5.74, 6) is 0.847. The molecule has 1 aromatic heterocycles. The normalized spacial score (nSPS) is 27.3. The van der Waals surface area contributed by atoms with E-state index < -0.39 is 21.0 Å². The quantitative estimate of drug-likeness (QED) is 0.839. The van der Waals surface area contributed by atoms with Crippen molar-refractivity contribution in [3.8, 4) is 0 Å². The van der Waals surface area contributed by atoms with Gasteiger partial charge in [-0.05, 0) is 25.1 Å². The van der Waals surface area contributed by atoms with Gasteiger partial charge in [-0.2, -0.15) is 0 Å². The zero-order chi connectivity index (χ0) is 16.8. The molecule has 0 saturated carbocycles. The Hall–Kier alpha value is -1.38. The number of nitrogens with zero attached hydrogens (tertiary/aromatic N) is 2. The Kier molecular flexibility index (Phi) is 4.02. The van der Waals surface area contributed by atoms with Crippen LogP contribution in [0.15, 0.2) is 40.7 Å². The summed E-state index contributed by atoms with van der Waals surface area (Å²) in [4.78, 5) is 4.15. The first-order valence-corrected chi connectivity index (χ1v) is 9.31. The Bertz CT molecular complexity index is 805. The molecular weight excluding hydrogens is 384 g/mol. The van der Waals surface area contributed by atoms with Gasteiger partial charge in [-0.25, -0.2) is 17.7 Å². The number of hydrogen-bond donors (Lipinski definition) is 1. The van der Waals surface area contributed by atoms with Gasteiger partial charge in [0.1, 0.15) is 16.8 Å². The summed E-state index contributed by atoms with van der Waals surface area (Å²) >= 11 is 3.34. The Morgan fingerprint density at radius 3 is 2.96 bits per heavy atom. The lowest BCUT2D eigenvalue weighted by Gasteiger charge is -2.35. The maximum atomic E-state index is 13.3. The lowest BCUT2D eigenvalue weighted by atomic mass is 10.0. The van der Waals surface area contributed by atoms with E-state index in [9.17, 15) is 13.5 Å². The second kappa shape index (κ2) is 5.61. The molecule has 1 aliphatic heterocycles. The number of fused-ring (bicyclic) bond motifs is 1. The van der Waals surface area contributed by atoms with E-state index in [0.717, 1.165) is 4.31 Å². The number of sulfonamides is 1. The van der Waals surface area contributed by atoms with Crippen LogP contribution in [0.2, 0.25) is 0 Å². The molecule has 124 valence electrons. The third-order valence-corrected chi connectivity index (χ3v) is 6.96. The first-order chi connectivity index (χ1) is 10.8. The van der Waals surface area contributed by atoms with Gasteiger partial charge >= 0.3 is 0 Å². The van der Waals surface area contributed by atoms with E-state index in [2.05, 4.69) is 20.9 Å². The van der Waals surface area contributed by atoms with Gasteiger partial charge in [0.25, 0.3) is 0 Å². The number of ether oxygens (including phenoxy) is 1. The van der Waals surface area contributed by atoms with Gasteiger partial charge < -0.3 is 9.84 Å². The highest BCUT2D eigenvalue weighted by molar-refractivity contribution is 9.11. The van der Waals surface area contributed by atoms with Crippen LogP contribution in [-0.4, -0.2) is 36.6 Å². The fourth-order valence-corrected chi connectivity index (χ4v) is 5.69. The standard InChI is InChI=1S/C15H17BrN2O4S/c1-15(8-11(16)7-12(9-15)22-2)23(20,21)18-13(19)6-10-4-3-5-17-14(10)18/h3-5,7-8,13,19H,6,9H2,1-2H3. The number of hydrogen-bond acceptors (Lipinski definition) is 5. The number of allylic oxidation sites excluding steroid dienone is 3. The lowest BCUT2D eigenvalue weighted by molar-refractivity contribution is 0.194. The summed E-state index contributed by atoms with van der Waals surface area (Å²) < 4.78 is 32.2. The van der Waals surface area contributed by atoms with E-state index in [0.29, 0.717) is 21.6 Å². The summed E-state index contributed by atoms with van der Waals surface area (Å²) in [7, 11) is -2.40. The number of aromatic nitrogens is 1. The second-order valence-corrected chi connectivity index (χ2v) is 9.00. The molecule has 2 aliphatic rings. The molecule has 0 bridgehead atoms. The molecule has 1 N–H and O–H groups in total. The SMILES string of the molecule is COC1=CC(Br)=CC(C)(S(=O)(=O)N2c3ncccc3CC2O)C1. The van der Waals surface area contributed by atoms with Crippen molar-refractivity contribution in [1.29, 1.82) is 0 Å². The van der Waals surface area contributed by atoms with Crippen LogP contribution in [-0.2, 0) is 21.2 Å². The smallest absolute Gasteiger partial charge is 0.248 e. The molecular formula is C15H17BrN2O4S. The van der Waals surface area contributed by atoms with E-state index in [4.69, 9.17) is 4.74 Å². The van der Waals surface area contributed by atoms with Gasteiger partial charge in [0.15, 0.2) is 0 Å². The molecule has 0 aromatic carbocycles. The monoisotopic (exact) mass is 400 g/mol. The minimum atomic E-state index is -3.91. The zero-order valence-electron chi connectivity index (χ0n) is 12.7. The number of methoxy groups -OCH3 is 1. The number of aliphatic hydroxyl groups is 1. The van der Waals surface area contributed by atoms with Crippen LogP contribution in [0.5, 0.6) is 0 Å². The summed E-state index contributed by atoms with van der Waals surface area (Å²) in [5.41, 5.74) is 0.716. The van der Waals surface area contributed by atoms with Crippen LogP contribution in [0.1, 0.15) is 18.9 Å². The molecule has 0 amide bonds. The molecule has 2 unspecified atom stereocenters. The van der Waals surface area contributed by atoms with Gasteiger partial charge in [0.05, 0.1) is 12.9 Å². The number of pyridine rings is 1. The van der Waals surface area contributed by atoms with Gasteiger partial charge in [-0.15, -0.1) is 0 Å². The van der Waals surface area contributed by atoms with Crippen molar-refractivity contribution in [1.82, 2.24) is 4.98 Å². The molecule has 1 aromatic rings. The molecule has 3 rings (SSSR count). The first kappa shape index (κ1) is 16.5. The first-order valence-electron chi connectivity index (χ1n) is 7.07. The van der Waals surface area contributed by atoms with Crippen molar-refractivity contribution in [3.63, 3.8) is 0 Å². The van der Waals surface area contributed by atoms with Gasteiger partial charge in [0.2, 0.25) is 10.0 Å². The maximum Gasteiger partial charge on any atom is 0.248 e. The molecule has 23 heavy (non-hydrogen) atoms. The predicted octanol–water partition coefficient (Wildman–Crippen LogP) is 2.06. The number of anilines is 1. The van der Waals surface area contributed by atoms with Gasteiger partial charge in [-0.1, -0.05) is 22.0 Å². The zero-order valence-corrected chi connectivity index (χ0v) is 15.1. The molecule has 0 spiro atoms. The summed E-state index contributed by atoms with van der Waals surface area (Å²) in [6.07, 6.45) is 4.16. The topological polar surface area (TPSA) is 79.7 Å². The van der Waals surface area contributed by atoms with E-state index in [1.165, 1.54) is 13.3 Å². The second-order valence-electron chi connectivity index (χ2n) is 5.81. The summed E-state index contributed by atoms with van der Waals surface area (Å²) in [5, 5.41) is 10.3. The highest BCUT2D eigenvalue weighted by Gasteiger charge is 2.49. The lowest BCUT2D eigenvalue weighted by Crippen LogP contribution is -2.49. The van der Waals surface area contributed by atoms with Crippen molar-refractivity contribution >= 4 is 31.8 Å². The van der Waals surface area contributed by atoms with Gasteiger partial charge in [0, 0.05) is 29.1 Å². The number of rotatable bonds is 3. The molecule has 0 fully saturated rings. The molecule has 0 radical (unpaired) electrons. The minimum Gasteiger partial charge on any atom is -0.501 e. The highest BCUT2D eigenvalue weighted by atomic mass is 79.9. The largest absolute Gasteiger partial charge is 0.501 e. The number of halogens is 1. The highest BCUT2D eigenvalue weighted by Crippen LogP contribution is 2.41. The Labute approximate surface area is 143 Å². The van der Waals surface area contributed by atoms with Crippen LogP contribution in [0.4, 0.5) is 5.82 Å². The van der Waals surface area contributed by atoms with Gasteiger partial charge in [-0.3, -0.25) is 0 Å². The van der Waals surface area contributed by atoms with Crippen molar-refractivity contribution in [2.45, 2.75) is 30.7 Å². The predicted molar refractivity (Wildman–Crippen MR) is 90.5 cm³/mol. The third-order valence-electron chi connectivity index (χ3n) is 4.13. The van der Waals surface area contributed by atoms with Crippen LogP contribution in [0.3, 0.4) is 0 Å². The molecule has 0 saturated heterocycles. The summed E-state index contributed by atoms with van der Waals surface area (Å²) in [6.45, 7) is 1.61. The third kappa shape index (κ3) is 2.58. The van der Waals surface area contributed by atoms with Crippen molar-refractivity contribution in [2.24, 2.45) is 0 Å². The van der Waals surface area contributed by atoms with Crippen LogP contribution in [0.25, 0.3) is 0 Å². The molecule has 6 nitrogen and oxygen atoms in total. The fraction of sp³-hybridized carbons (Fsp3) is 0.400. The summed E-state index contributed by atoms with van der Waals surface area (Å²) in [6, 6.07) is 3.50. The van der Waals surface area contributed by atoms with E-state index in [1.807, 2.05) is 0 Å². The number of aliphatic hydroxyl groups excluding tert-OH is 1. The minimum absolute atomic E-state index is 0.187. The molecule has 2 heterocycles. The van der Waals surface area contributed by atoms with Crippen molar-refractivity contribution < 1.29 is 18.3 Å². The van der Waals surface area contributed by atoms with E-state index in [1.54, 1.807) is 31.2 Å². The average Bonchev–Trinajstić information content (AvgIpc) is 2.82. The van der Waals surface area contributed by atoms with Crippen molar-refractivity contribution in [2.75, 3.05) is 11.4 Å². The molecule has 8 heteroatoms. The Balaban J connectivity index is 2.08. The Morgan fingerprint density at radius 1 is 1.52 bits per heavy atom. The van der Waals surface area contributed by atoms with Crippen LogP contribution in [0, 0.1) is 0 Å². The fourth-order valence-electron chi connectivity index (χ4n) is 2.94. The Morgan fingerprint density at radius 2 is 2.26 bits per heavy atom. The maximum absolute atomic E-state index is 13.3.